The Bertz CT molecular complexity index is 701. The van der Waals surface area contributed by atoms with Crippen LogP contribution in [0.25, 0.3) is 0 Å². The number of halogens is 2. The smallest absolute Gasteiger partial charge is 0.404 e. The number of rotatable bonds is 4. The lowest BCUT2D eigenvalue weighted by Gasteiger charge is -2.05. The Kier molecular flexibility index (Phi) is 2.89. The minimum Gasteiger partial charge on any atom is -0.404 e. The number of benzene rings is 1. The van der Waals surface area contributed by atoms with E-state index < -0.39 is 11.2 Å². The summed E-state index contributed by atoms with van der Waals surface area (Å²) < 4.78 is 39.2. The first-order valence-electron chi connectivity index (χ1n) is 5.80. The lowest BCUT2D eigenvalue weighted by Crippen LogP contribution is -2.25. The number of nitro groups is 1. The Morgan fingerprint density at radius 2 is 1.95 bits per heavy atom. The maximum Gasteiger partial charge on any atom is 0.586 e. The van der Waals surface area contributed by atoms with Crippen molar-refractivity contribution in [2.45, 2.75) is 12.8 Å². The highest BCUT2D eigenvalue weighted by Gasteiger charge is 2.43. The highest BCUT2D eigenvalue weighted by atomic mass is 19.3. The van der Waals surface area contributed by atoms with E-state index >= 15 is 0 Å². The molecule has 1 aromatic heterocycles. The van der Waals surface area contributed by atoms with Crippen molar-refractivity contribution in [2.24, 2.45) is 0 Å². The molecule has 1 aliphatic heterocycles. The molecule has 0 fully saturated rings. The lowest BCUT2D eigenvalue weighted by molar-refractivity contribution is -0.402. The first-order valence-corrected chi connectivity index (χ1v) is 5.80. The van der Waals surface area contributed by atoms with Gasteiger partial charge in [0.05, 0.1) is 12.6 Å². The van der Waals surface area contributed by atoms with E-state index in [1.807, 2.05) is 0 Å². The van der Waals surface area contributed by atoms with Gasteiger partial charge in [-0.05, 0) is 18.2 Å². The van der Waals surface area contributed by atoms with Gasteiger partial charge < -0.3 is 19.2 Å². The molecule has 0 aliphatic carbocycles. The summed E-state index contributed by atoms with van der Waals surface area (Å²) in [6, 6.07) is 6.88. The number of furan rings is 1. The molecule has 0 atom stereocenters. The molecule has 1 aromatic carbocycles. The Morgan fingerprint density at radius 1 is 1.19 bits per heavy atom. The molecule has 0 saturated heterocycles. The molecule has 7 nitrogen and oxygen atoms in total. The number of ether oxygens (including phenoxy) is 2. The molecule has 2 aromatic rings. The van der Waals surface area contributed by atoms with Crippen molar-refractivity contribution in [3.8, 4) is 11.5 Å². The van der Waals surface area contributed by atoms with Crippen molar-refractivity contribution >= 4 is 11.6 Å². The van der Waals surface area contributed by atoms with Crippen LogP contribution >= 0.6 is 0 Å². The molecule has 1 aliphatic rings. The largest absolute Gasteiger partial charge is 0.586 e. The van der Waals surface area contributed by atoms with Crippen molar-refractivity contribution in [1.82, 2.24) is 0 Å². The summed E-state index contributed by atoms with van der Waals surface area (Å²) in [5.41, 5.74) is 0.481. The van der Waals surface area contributed by atoms with E-state index in [4.69, 9.17) is 4.42 Å². The van der Waals surface area contributed by atoms with Crippen LogP contribution in [-0.2, 0) is 6.54 Å². The number of fused-ring (bicyclic) bond motifs is 1. The molecule has 0 saturated carbocycles. The number of anilines is 1. The van der Waals surface area contributed by atoms with E-state index in [-0.39, 0.29) is 23.9 Å². The fourth-order valence-corrected chi connectivity index (χ4v) is 1.81. The zero-order valence-electron chi connectivity index (χ0n) is 10.3. The van der Waals surface area contributed by atoms with E-state index in [0.717, 1.165) is 0 Å². The Balaban J connectivity index is 1.68. The van der Waals surface area contributed by atoms with Crippen LogP contribution in [0.3, 0.4) is 0 Å². The van der Waals surface area contributed by atoms with Crippen molar-refractivity contribution in [2.75, 3.05) is 5.32 Å². The van der Waals surface area contributed by atoms with Gasteiger partial charge in [-0.1, -0.05) is 0 Å². The average Bonchev–Trinajstić information content (AvgIpc) is 2.98. The molecule has 0 spiro atoms. The fourth-order valence-electron chi connectivity index (χ4n) is 1.81. The van der Waals surface area contributed by atoms with Gasteiger partial charge in [0.2, 0.25) is 0 Å². The van der Waals surface area contributed by atoms with Crippen LogP contribution < -0.4 is 14.8 Å². The molecular weight excluding hydrogens is 290 g/mol. The van der Waals surface area contributed by atoms with Crippen LogP contribution in [0.4, 0.5) is 20.4 Å². The van der Waals surface area contributed by atoms with Gasteiger partial charge in [-0.2, -0.15) is 0 Å². The molecule has 0 unspecified atom stereocenters. The quantitative estimate of drug-likeness (QED) is 0.689. The molecular formula is C12H8F2N2O5. The summed E-state index contributed by atoms with van der Waals surface area (Å²) in [6.07, 6.45) is -3.66. The van der Waals surface area contributed by atoms with Crippen molar-refractivity contribution in [3.05, 3.63) is 46.2 Å². The summed E-state index contributed by atoms with van der Waals surface area (Å²) in [5, 5.41) is 13.3. The maximum absolute atomic E-state index is 12.9. The minimum absolute atomic E-state index is 0.0563. The van der Waals surface area contributed by atoms with Crippen LogP contribution in [0.1, 0.15) is 5.76 Å². The first kappa shape index (κ1) is 13.2. The van der Waals surface area contributed by atoms with Gasteiger partial charge in [0.1, 0.15) is 10.7 Å². The van der Waals surface area contributed by atoms with Gasteiger partial charge in [-0.3, -0.25) is 10.1 Å². The van der Waals surface area contributed by atoms with E-state index in [1.165, 1.54) is 30.3 Å². The molecule has 0 amide bonds. The molecule has 3 rings (SSSR count). The molecule has 110 valence electrons. The van der Waals surface area contributed by atoms with E-state index in [0.29, 0.717) is 11.4 Å². The van der Waals surface area contributed by atoms with E-state index in [9.17, 15) is 18.9 Å². The SMILES string of the molecule is O=[N+]([O-])c1ccc(CNc2ccc3c(c2)OC(F)(F)O3)o1. The van der Waals surface area contributed by atoms with Crippen LogP contribution in [0.5, 0.6) is 11.5 Å². The normalized spacial score (nSPS) is 15.0. The van der Waals surface area contributed by atoms with Crippen LogP contribution in [-0.4, -0.2) is 11.2 Å². The molecule has 2 heterocycles. The molecule has 0 bridgehead atoms. The lowest BCUT2D eigenvalue weighted by atomic mass is 10.2. The van der Waals surface area contributed by atoms with Crippen LogP contribution in [0.2, 0.25) is 0 Å². The molecule has 9 heteroatoms. The minimum atomic E-state index is -3.66. The van der Waals surface area contributed by atoms with E-state index in [2.05, 4.69) is 14.8 Å². The van der Waals surface area contributed by atoms with Crippen molar-refractivity contribution in [3.63, 3.8) is 0 Å². The van der Waals surface area contributed by atoms with Gasteiger partial charge in [-0.25, -0.2) is 0 Å². The zero-order chi connectivity index (χ0) is 15.0. The Hall–Kier alpha value is -2.84. The summed E-state index contributed by atoms with van der Waals surface area (Å²) >= 11 is 0. The Morgan fingerprint density at radius 3 is 2.67 bits per heavy atom. The third-order valence-corrected chi connectivity index (χ3v) is 2.70. The zero-order valence-corrected chi connectivity index (χ0v) is 10.3. The fraction of sp³-hybridized carbons (Fsp3) is 0.167. The highest BCUT2D eigenvalue weighted by Crippen LogP contribution is 2.42. The standard InChI is InChI=1S/C12H8F2N2O5/c13-12(14)20-9-3-1-7(5-10(9)21-12)15-6-8-2-4-11(19-8)16(17)18/h1-5,15H,6H2. The highest BCUT2D eigenvalue weighted by molar-refractivity contribution is 5.56. The van der Waals surface area contributed by atoms with Gasteiger partial charge >= 0.3 is 12.2 Å². The number of hydrogen-bond donors (Lipinski definition) is 1. The number of hydrogen-bond acceptors (Lipinski definition) is 6. The molecule has 1 N–H and O–H groups in total. The van der Waals surface area contributed by atoms with Gasteiger partial charge in [0, 0.05) is 11.8 Å². The van der Waals surface area contributed by atoms with Gasteiger partial charge in [0.15, 0.2) is 11.5 Å². The predicted molar refractivity (Wildman–Crippen MR) is 65.3 cm³/mol. The van der Waals surface area contributed by atoms with E-state index in [1.54, 1.807) is 0 Å². The topological polar surface area (TPSA) is 86.8 Å². The first-order chi connectivity index (χ1) is 9.93. The monoisotopic (exact) mass is 298 g/mol. The molecule has 0 radical (unpaired) electrons. The third-order valence-electron chi connectivity index (χ3n) is 2.70. The maximum atomic E-state index is 12.9. The molecule has 21 heavy (non-hydrogen) atoms. The van der Waals surface area contributed by atoms with Crippen LogP contribution in [0.15, 0.2) is 34.7 Å². The number of nitrogens with zero attached hydrogens (tertiary/aromatic N) is 1. The average molecular weight is 298 g/mol. The Labute approximate surface area is 116 Å². The third kappa shape index (κ3) is 2.71. The number of nitrogens with one attached hydrogen (secondary N) is 1. The predicted octanol–water partition coefficient (Wildman–Crippen LogP) is 3.12. The number of alkyl halides is 2. The van der Waals surface area contributed by atoms with Crippen molar-refractivity contribution < 1.29 is 27.6 Å². The van der Waals surface area contributed by atoms with Crippen LogP contribution in [0, 0.1) is 10.1 Å². The van der Waals surface area contributed by atoms with Gasteiger partial charge in [0.25, 0.3) is 0 Å². The summed E-state index contributed by atoms with van der Waals surface area (Å²) in [4.78, 5) is 9.82. The summed E-state index contributed by atoms with van der Waals surface area (Å²) in [6.45, 7) is 0.157. The summed E-state index contributed by atoms with van der Waals surface area (Å²) in [7, 11) is 0. The second-order valence-electron chi connectivity index (χ2n) is 4.18. The van der Waals surface area contributed by atoms with Gasteiger partial charge in [-0.15, -0.1) is 8.78 Å². The second-order valence-corrected chi connectivity index (χ2v) is 4.18. The van der Waals surface area contributed by atoms with Crippen molar-refractivity contribution in [1.29, 1.82) is 0 Å². The second kappa shape index (κ2) is 4.62. The summed E-state index contributed by atoms with van der Waals surface area (Å²) in [5.74, 6) is -0.170.